The Labute approximate surface area is 139 Å². The van der Waals surface area contributed by atoms with Crippen molar-refractivity contribution in [1.29, 1.82) is 0 Å². The van der Waals surface area contributed by atoms with Crippen LogP contribution < -0.4 is 5.32 Å². The van der Waals surface area contributed by atoms with E-state index in [2.05, 4.69) is 51.0 Å². The first-order valence-electron chi connectivity index (χ1n) is 8.17. The van der Waals surface area contributed by atoms with Crippen LogP contribution in [0.15, 0.2) is 30.3 Å². The first kappa shape index (κ1) is 14.7. The lowest BCUT2D eigenvalue weighted by atomic mass is 10.2. The Hall–Kier alpha value is -2.89. The highest BCUT2D eigenvalue weighted by atomic mass is 15.2. The fourth-order valence-corrected chi connectivity index (χ4v) is 3.29. The summed E-state index contributed by atoms with van der Waals surface area (Å²) in [6.45, 7) is 7.72. The summed E-state index contributed by atoms with van der Waals surface area (Å²) in [4.78, 5) is 9.25. The molecule has 0 fully saturated rings. The molecule has 3 aromatic heterocycles. The average molecular weight is 320 g/mol. The van der Waals surface area contributed by atoms with Gasteiger partial charge >= 0.3 is 0 Å². The molecule has 3 heterocycles. The molecule has 6 nitrogen and oxygen atoms in total. The van der Waals surface area contributed by atoms with Crippen LogP contribution >= 0.6 is 0 Å². The van der Waals surface area contributed by atoms with Gasteiger partial charge in [0.2, 0.25) is 0 Å². The van der Waals surface area contributed by atoms with Gasteiger partial charge < -0.3 is 9.88 Å². The maximum absolute atomic E-state index is 4.75. The van der Waals surface area contributed by atoms with Crippen molar-refractivity contribution in [2.75, 3.05) is 5.32 Å². The Balaban J connectivity index is 1.68. The quantitative estimate of drug-likeness (QED) is 0.603. The third-order valence-electron chi connectivity index (χ3n) is 4.32. The maximum atomic E-state index is 4.75. The number of fused-ring (bicyclic) bond motifs is 2. The molecule has 0 aliphatic heterocycles. The van der Waals surface area contributed by atoms with Crippen LogP contribution in [0.3, 0.4) is 0 Å². The van der Waals surface area contributed by atoms with E-state index >= 15 is 0 Å². The molecule has 2 N–H and O–H groups in total. The Kier molecular flexibility index (Phi) is 3.45. The molecule has 0 aliphatic carbocycles. The predicted molar refractivity (Wildman–Crippen MR) is 96.1 cm³/mol. The van der Waals surface area contributed by atoms with Crippen molar-refractivity contribution < 1.29 is 0 Å². The van der Waals surface area contributed by atoms with Crippen molar-refractivity contribution in [3.63, 3.8) is 0 Å². The summed E-state index contributed by atoms with van der Waals surface area (Å²) in [6.07, 6.45) is 0. The molecule has 4 aromatic rings. The van der Waals surface area contributed by atoms with Crippen LogP contribution in [-0.2, 0) is 13.1 Å². The summed E-state index contributed by atoms with van der Waals surface area (Å²) in [5.74, 6) is 1.83. The number of H-pyrrole nitrogens is 1. The van der Waals surface area contributed by atoms with E-state index in [4.69, 9.17) is 4.98 Å². The number of imidazole rings is 1. The van der Waals surface area contributed by atoms with Gasteiger partial charge in [0.15, 0.2) is 11.5 Å². The molecule has 0 bridgehead atoms. The van der Waals surface area contributed by atoms with Crippen molar-refractivity contribution in [2.45, 2.75) is 33.9 Å². The first-order valence-corrected chi connectivity index (χ1v) is 8.17. The summed E-state index contributed by atoms with van der Waals surface area (Å²) in [5, 5.41) is 11.9. The topological polar surface area (TPSA) is 71.4 Å². The molecule has 0 unspecified atom stereocenters. The second-order valence-electron chi connectivity index (χ2n) is 5.99. The second kappa shape index (κ2) is 5.63. The van der Waals surface area contributed by atoms with Crippen LogP contribution in [0.1, 0.15) is 24.0 Å². The summed E-state index contributed by atoms with van der Waals surface area (Å²) >= 11 is 0. The van der Waals surface area contributed by atoms with Gasteiger partial charge in [-0.1, -0.05) is 12.1 Å². The highest BCUT2D eigenvalue weighted by Gasteiger charge is 2.13. The molecule has 0 amide bonds. The Morgan fingerprint density at radius 3 is 2.83 bits per heavy atom. The number of para-hydroxylation sites is 2. The number of rotatable bonds is 4. The van der Waals surface area contributed by atoms with Crippen LogP contribution in [0, 0.1) is 13.8 Å². The zero-order chi connectivity index (χ0) is 16.7. The van der Waals surface area contributed by atoms with Crippen LogP contribution in [0.2, 0.25) is 0 Å². The lowest BCUT2D eigenvalue weighted by molar-refractivity contribution is 0.728. The fourth-order valence-electron chi connectivity index (χ4n) is 3.29. The highest BCUT2D eigenvalue weighted by molar-refractivity contribution is 5.90. The molecule has 1 aromatic carbocycles. The van der Waals surface area contributed by atoms with Gasteiger partial charge in [-0.15, -0.1) is 0 Å². The van der Waals surface area contributed by atoms with Crippen LogP contribution in [-0.4, -0.2) is 24.7 Å². The van der Waals surface area contributed by atoms with Crippen molar-refractivity contribution >= 4 is 27.9 Å². The van der Waals surface area contributed by atoms with E-state index in [0.717, 1.165) is 51.5 Å². The minimum atomic E-state index is 0.621. The van der Waals surface area contributed by atoms with Gasteiger partial charge in [-0.05, 0) is 44.5 Å². The Morgan fingerprint density at radius 1 is 1.17 bits per heavy atom. The van der Waals surface area contributed by atoms with Gasteiger partial charge in [0, 0.05) is 12.2 Å². The standard InChI is InChI=1S/C18H20N6/c1-4-24-14-8-6-5-7-13(14)21-15(24)10-19-17-16-11(2)9-12(3)20-18(16)23-22-17/h5-9H,4,10H2,1-3H3,(H2,19,20,22,23). The zero-order valence-electron chi connectivity index (χ0n) is 14.1. The van der Waals surface area contributed by atoms with Crippen LogP contribution in [0.5, 0.6) is 0 Å². The van der Waals surface area contributed by atoms with E-state index in [-0.39, 0.29) is 0 Å². The van der Waals surface area contributed by atoms with Crippen molar-refractivity contribution in [3.05, 3.63) is 47.4 Å². The van der Waals surface area contributed by atoms with Gasteiger partial charge in [-0.25, -0.2) is 9.97 Å². The molecule has 24 heavy (non-hydrogen) atoms. The number of nitrogens with one attached hydrogen (secondary N) is 2. The first-order chi connectivity index (χ1) is 11.7. The van der Waals surface area contributed by atoms with Crippen molar-refractivity contribution in [1.82, 2.24) is 24.7 Å². The number of aromatic amines is 1. The maximum Gasteiger partial charge on any atom is 0.158 e. The molecule has 122 valence electrons. The number of anilines is 1. The minimum Gasteiger partial charge on any atom is -0.361 e. The normalized spacial score (nSPS) is 11.5. The number of pyridine rings is 1. The van der Waals surface area contributed by atoms with Gasteiger partial charge in [0.25, 0.3) is 0 Å². The molecule has 0 radical (unpaired) electrons. The molecule has 0 aliphatic rings. The van der Waals surface area contributed by atoms with Gasteiger partial charge in [-0.3, -0.25) is 5.10 Å². The minimum absolute atomic E-state index is 0.621. The monoisotopic (exact) mass is 320 g/mol. The number of aryl methyl sites for hydroxylation is 3. The van der Waals surface area contributed by atoms with E-state index in [0.29, 0.717) is 6.54 Å². The molecular weight excluding hydrogens is 300 g/mol. The van der Waals surface area contributed by atoms with Crippen LogP contribution in [0.25, 0.3) is 22.1 Å². The van der Waals surface area contributed by atoms with Gasteiger partial charge in [-0.2, -0.15) is 5.10 Å². The summed E-state index contributed by atoms with van der Waals surface area (Å²) in [5.41, 5.74) is 5.16. The van der Waals surface area contributed by atoms with E-state index in [9.17, 15) is 0 Å². The largest absolute Gasteiger partial charge is 0.361 e. The fraction of sp³-hybridized carbons (Fsp3) is 0.278. The molecule has 0 spiro atoms. The molecule has 0 saturated carbocycles. The lowest BCUT2D eigenvalue weighted by Gasteiger charge is -2.08. The highest BCUT2D eigenvalue weighted by Crippen LogP contribution is 2.24. The number of hydrogen-bond acceptors (Lipinski definition) is 4. The van der Waals surface area contributed by atoms with Crippen molar-refractivity contribution in [3.8, 4) is 0 Å². The van der Waals surface area contributed by atoms with E-state index in [1.165, 1.54) is 0 Å². The predicted octanol–water partition coefficient (Wildman–Crippen LogP) is 3.56. The number of benzene rings is 1. The second-order valence-corrected chi connectivity index (χ2v) is 5.99. The number of hydrogen-bond donors (Lipinski definition) is 2. The van der Waals surface area contributed by atoms with E-state index in [1.54, 1.807) is 0 Å². The smallest absolute Gasteiger partial charge is 0.158 e. The third kappa shape index (κ3) is 2.31. The zero-order valence-corrected chi connectivity index (χ0v) is 14.1. The molecule has 6 heteroatoms. The van der Waals surface area contributed by atoms with Gasteiger partial charge in [0.1, 0.15) is 5.82 Å². The third-order valence-corrected chi connectivity index (χ3v) is 4.32. The molecule has 4 rings (SSSR count). The lowest BCUT2D eigenvalue weighted by Crippen LogP contribution is -2.08. The average Bonchev–Trinajstić information content (AvgIpc) is 3.13. The molecular formula is C18H20N6. The number of nitrogens with zero attached hydrogens (tertiary/aromatic N) is 4. The molecule has 0 atom stereocenters. The SMILES string of the molecule is CCn1c(CNc2n[nH]c3nc(C)cc(C)c23)nc2ccccc21. The number of aromatic nitrogens is 5. The summed E-state index contributed by atoms with van der Waals surface area (Å²) in [7, 11) is 0. The molecule has 0 saturated heterocycles. The van der Waals surface area contributed by atoms with E-state index in [1.807, 2.05) is 25.1 Å². The Bertz CT molecular complexity index is 1030. The Morgan fingerprint density at radius 2 is 2.00 bits per heavy atom. The summed E-state index contributed by atoms with van der Waals surface area (Å²) in [6, 6.07) is 10.3. The summed E-state index contributed by atoms with van der Waals surface area (Å²) < 4.78 is 2.23. The van der Waals surface area contributed by atoms with Crippen LogP contribution in [0.4, 0.5) is 5.82 Å². The van der Waals surface area contributed by atoms with E-state index < -0.39 is 0 Å². The van der Waals surface area contributed by atoms with Gasteiger partial charge in [0.05, 0.1) is 23.0 Å². The van der Waals surface area contributed by atoms with Crippen molar-refractivity contribution in [2.24, 2.45) is 0 Å².